The van der Waals surface area contributed by atoms with Gasteiger partial charge in [-0.1, -0.05) is 0 Å². The minimum atomic E-state index is -0.593. The highest BCUT2D eigenvalue weighted by atomic mass is 16.5. The quantitative estimate of drug-likeness (QED) is 0.540. The number of H-pyrrole nitrogens is 1. The standard InChI is InChI=1S/C22H23N3O5/c1-12-13(2)23-18-7-5-15(9-17(12)18)22(28)30-11-21(27)25-19-10-16(24-14(3)26)6-8-20(19)29-4/h5-10,23H,11H2,1-4H3,(H,24,26)(H,25,27). The van der Waals surface area contributed by atoms with Crippen LogP contribution in [0.4, 0.5) is 11.4 Å². The van der Waals surface area contributed by atoms with Crippen LogP contribution in [0, 0.1) is 13.8 Å². The Morgan fingerprint density at radius 1 is 1.03 bits per heavy atom. The Morgan fingerprint density at radius 2 is 1.80 bits per heavy atom. The average molecular weight is 409 g/mol. The molecule has 0 fully saturated rings. The molecule has 2 aromatic carbocycles. The van der Waals surface area contributed by atoms with Gasteiger partial charge in [0.1, 0.15) is 5.75 Å². The molecule has 3 rings (SSSR count). The third-order valence-electron chi connectivity index (χ3n) is 4.67. The minimum absolute atomic E-state index is 0.240. The van der Waals surface area contributed by atoms with Crippen LogP contribution in [0.2, 0.25) is 0 Å². The number of aromatic amines is 1. The van der Waals surface area contributed by atoms with Gasteiger partial charge < -0.3 is 25.1 Å². The summed E-state index contributed by atoms with van der Waals surface area (Å²) in [7, 11) is 1.46. The van der Waals surface area contributed by atoms with E-state index < -0.39 is 18.5 Å². The van der Waals surface area contributed by atoms with Crippen molar-refractivity contribution in [1.29, 1.82) is 0 Å². The first kappa shape index (κ1) is 20.9. The molecule has 0 aliphatic heterocycles. The number of nitrogens with one attached hydrogen (secondary N) is 3. The molecule has 0 atom stereocenters. The van der Waals surface area contributed by atoms with E-state index in [4.69, 9.17) is 9.47 Å². The Balaban J connectivity index is 1.66. The number of hydrogen-bond acceptors (Lipinski definition) is 5. The molecule has 3 N–H and O–H groups in total. The fourth-order valence-corrected chi connectivity index (χ4v) is 3.08. The van der Waals surface area contributed by atoms with Crippen LogP contribution in [0.5, 0.6) is 5.75 Å². The molecule has 0 saturated heterocycles. The van der Waals surface area contributed by atoms with Crippen LogP contribution in [0.25, 0.3) is 10.9 Å². The number of ether oxygens (including phenoxy) is 2. The van der Waals surface area contributed by atoms with Gasteiger partial charge in [0.2, 0.25) is 5.91 Å². The predicted octanol–water partition coefficient (Wildman–Crippen LogP) is 3.55. The number of aromatic nitrogens is 1. The van der Waals surface area contributed by atoms with Gasteiger partial charge >= 0.3 is 5.97 Å². The first-order chi connectivity index (χ1) is 14.3. The molecule has 3 aromatic rings. The number of carbonyl (C=O) groups is 3. The van der Waals surface area contributed by atoms with Crippen molar-refractivity contribution in [1.82, 2.24) is 4.98 Å². The van der Waals surface area contributed by atoms with E-state index in [0.29, 0.717) is 22.7 Å². The van der Waals surface area contributed by atoms with E-state index in [-0.39, 0.29) is 5.91 Å². The smallest absolute Gasteiger partial charge is 0.338 e. The highest BCUT2D eigenvalue weighted by Crippen LogP contribution is 2.28. The van der Waals surface area contributed by atoms with Gasteiger partial charge in [-0.05, 0) is 55.8 Å². The summed E-state index contributed by atoms with van der Waals surface area (Å²) in [4.78, 5) is 39.1. The molecule has 8 heteroatoms. The van der Waals surface area contributed by atoms with E-state index in [1.165, 1.54) is 14.0 Å². The maximum Gasteiger partial charge on any atom is 0.338 e. The second kappa shape index (κ2) is 8.69. The van der Waals surface area contributed by atoms with Gasteiger partial charge in [0.25, 0.3) is 5.91 Å². The van der Waals surface area contributed by atoms with Crippen molar-refractivity contribution in [3.8, 4) is 5.75 Å². The molecule has 1 heterocycles. The summed E-state index contributed by atoms with van der Waals surface area (Å²) >= 11 is 0. The molecule has 30 heavy (non-hydrogen) atoms. The van der Waals surface area contributed by atoms with Gasteiger partial charge in [-0.3, -0.25) is 9.59 Å². The number of methoxy groups -OCH3 is 1. The van der Waals surface area contributed by atoms with Crippen LogP contribution >= 0.6 is 0 Å². The summed E-state index contributed by atoms with van der Waals surface area (Å²) in [5.41, 5.74) is 4.24. The summed E-state index contributed by atoms with van der Waals surface area (Å²) in [6, 6.07) is 10.0. The summed E-state index contributed by atoms with van der Waals surface area (Å²) < 4.78 is 10.4. The molecule has 0 bridgehead atoms. The van der Waals surface area contributed by atoms with E-state index >= 15 is 0 Å². The lowest BCUT2D eigenvalue weighted by Crippen LogP contribution is -2.21. The van der Waals surface area contributed by atoms with Gasteiger partial charge in [0.15, 0.2) is 6.61 Å². The first-order valence-electron chi connectivity index (χ1n) is 9.30. The Hall–Kier alpha value is -3.81. The van der Waals surface area contributed by atoms with E-state index in [0.717, 1.165) is 22.2 Å². The van der Waals surface area contributed by atoms with Gasteiger partial charge in [-0.2, -0.15) is 0 Å². The van der Waals surface area contributed by atoms with Gasteiger partial charge in [-0.15, -0.1) is 0 Å². The summed E-state index contributed by atoms with van der Waals surface area (Å²) in [5.74, 6) is -0.954. The summed E-state index contributed by atoms with van der Waals surface area (Å²) in [5, 5.41) is 6.19. The topological polar surface area (TPSA) is 110 Å². The molecule has 156 valence electrons. The van der Waals surface area contributed by atoms with Crippen molar-refractivity contribution in [2.45, 2.75) is 20.8 Å². The van der Waals surface area contributed by atoms with Crippen LogP contribution in [0.1, 0.15) is 28.5 Å². The van der Waals surface area contributed by atoms with E-state index in [9.17, 15) is 14.4 Å². The minimum Gasteiger partial charge on any atom is -0.495 e. The number of anilines is 2. The van der Waals surface area contributed by atoms with Crippen LogP contribution in [-0.4, -0.2) is 36.5 Å². The third kappa shape index (κ3) is 4.60. The van der Waals surface area contributed by atoms with Crippen LogP contribution in [0.3, 0.4) is 0 Å². The summed E-state index contributed by atoms with van der Waals surface area (Å²) in [6.45, 7) is 4.86. The zero-order valence-electron chi connectivity index (χ0n) is 17.2. The zero-order valence-corrected chi connectivity index (χ0v) is 17.2. The van der Waals surface area contributed by atoms with Gasteiger partial charge in [0.05, 0.1) is 18.4 Å². The second-order valence-corrected chi connectivity index (χ2v) is 6.86. The Morgan fingerprint density at radius 3 is 2.50 bits per heavy atom. The number of aryl methyl sites for hydroxylation is 2. The Labute approximate surface area is 173 Å². The van der Waals surface area contributed by atoms with Crippen molar-refractivity contribution in [2.75, 3.05) is 24.4 Å². The molecule has 0 spiro atoms. The highest BCUT2D eigenvalue weighted by Gasteiger charge is 2.14. The lowest BCUT2D eigenvalue weighted by molar-refractivity contribution is -0.119. The van der Waals surface area contributed by atoms with Crippen LogP contribution in [-0.2, 0) is 14.3 Å². The van der Waals surface area contributed by atoms with E-state index in [2.05, 4.69) is 15.6 Å². The molecule has 8 nitrogen and oxygen atoms in total. The molecule has 0 radical (unpaired) electrons. The largest absolute Gasteiger partial charge is 0.495 e. The van der Waals surface area contributed by atoms with Gasteiger partial charge in [-0.25, -0.2) is 4.79 Å². The predicted molar refractivity (Wildman–Crippen MR) is 114 cm³/mol. The normalized spacial score (nSPS) is 10.5. The lowest BCUT2D eigenvalue weighted by Gasteiger charge is -2.12. The molecule has 0 aliphatic carbocycles. The van der Waals surface area contributed by atoms with Crippen LogP contribution < -0.4 is 15.4 Å². The third-order valence-corrected chi connectivity index (χ3v) is 4.67. The molecular formula is C22H23N3O5. The molecule has 0 aliphatic rings. The number of carbonyl (C=O) groups excluding carboxylic acids is 3. The molecular weight excluding hydrogens is 386 g/mol. The Kier molecular flexibility index (Phi) is 6.06. The fraction of sp³-hybridized carbons (Fsp3) is 0.227. The van der Waals surface area contributed by atoms with Crippen molar-refractivity contribution >= 4 is 40.1 Å². The number of fused-ring (bicyclic) bond motifs is 1. The van der Waals surface area contributed by atoms with Crippen molar-refractivity contribution in [3.05, 3.63) is 53.2 Å². The fourth-order valence-electron chi connectivity index (χ4n) is 3.08. The lowest BCUT2D eigenvalue weighted by atomic mass is 10.1. The number of benzene rings is 2. The highest BCUT2D eigenvalue weighted by molar-refractivity contribution is 5.99. The Bertz CT molecular complexity index is 1130. The van der Waals surface area contributed by atoms with Crippen molar-refractivity contribution in [2.24, 2.45) is 0 Å². The van der Waals surface area contributed by atoms with E-state index in [1.54, 1.807) is 30.3 Å². The monoisotopic (exact) mass is 409 g/mol. The average Bonchev–Trinajstić information content (AvgIpc) is 2.99. The maximum atomic E-state index is 12.4. The van der Waals surface area contributed by atoms with Crippen molar-refractivity contribution in [3.63, 3.8) is 0 Å². The number of rotatable bonds is 6. The number of hydrogen-bond donors (Lipinski definition) is 3. The molecule has 0 saturated carbocycles. The number of amides is 2. The van der Waals surface area contributed by atoms with E-state index in [1.807, 2.05) is 19.9 Å². The zero-order chi connectivity index (χ0) is 21.8. The molecule has 2 amide bonds. The molecule has 1 aromatic heterocycles. The maximum absolute atomic E-state index is 12.4. The summed E-state index contributed by atoms with van der Waals surface area (Å²) in [6.07, 6.45) is 0. The van der Waals surface area contributed by atoms with Crippen LogP contribution in [0.15, 0.2) is 36.4 Å². The second-order valence-electron chi connectivity index (χ2n) is 6.86. The first-order valence-corrected chi connectivity index (χ1v) is 9.30. The molecule has 0 unspecified atom stereocenters. The number of esters is 1. The van der Waals surface area contributed by atoms with Gasteiger partial charge in [0, 0.05) is 29.2 Å². The SMILES string of the molecule is COc1ccc(NC(C)=O)cc1NC(=O)COC(=O)c1ccc2[nH]c(C)c(C)c2c1. The van der Waals surface area contributed by atoms with Crippen molar-refractivity contribution < 1.29 is 23.9 Å².